The van der Waals surface area contributed by atoms with Gasteiger partial charge in [0.05, 0.1) is 0 Å². The molecule has 0 spiro atoms. The van der Waals surface area contributed by atoms with Gasteiger partial charge in [0.25, 0.3) is 10.0 Å². The molecule has 0 aliphatic heterocycles. The summed E-state index contributed by atoms with van der Waals surface area (Å²) in [7, 11) is -3.76. The maximum Gasteiger partial charge on any atom is 0.258 e. The normalized spacial score (nSPS) is 12.4. The van der Waals surface area contributed by atoms with Gasteiger partial charge < -0.3 is 5.32 Å². The van der Waals surface area contributed by atoms with E-state index in [-0.39, 0.29) is 0 Å². The van der Waals surface area contributed by atoms with Crippen LogP contribution in [0.4, 0.5) is 11.4 Å². The minimum absolute atomic E-state index is 0.479. The van der Waals surface area contributed by atoms with E-state index in [0.717, 1.165) is 0 Å². The van der Waals surface area contributed by atoms with Gasteiger partial charge >= 0.3 is 0 Å². The first-order valence-corrected chi connectivity index (χ1v) is 9.61. The Bertz CT molecular complexity index is 932. The average molecular weight is 373 g/mol. The lowest BCUT2D eigenvalue weighted by atomic mass is 10.2. The van der Waals surface area contributed by atoms with E-state index < -0.39 is 15.4 Å². The van der Waals surface area contributed by atoms with Crippen molar-refractivity contribution in [2.45, 2.75) is 5.37 Å². The SMILES string of the molecule is O=S(=O)(Nc1ccccc1)C(Nc1ccccc1)c1cccc(Cl)c1. The Labute approximate surface area is 152 Å². The van der Waals surface area contributed by atoms with Gasteiger partial charge in [0.2, 0.25) is 0 Å². The molecule has 0 amide bonds. The Hall–Kier alpha value is -2.50. The average Bonchev–Trinajstić information content (AvgIpc) is 2.61. The van der Waals surface area contributed by atoms with E-state index in [9.17, 15) is 8.42 Å². The number of para-hydroxylation sites is 2. The summed E-state index contributed by atoms with van der Waals surface area (Å²) in [5.74, 6) is 0. The summed E-state index contributed by atoms with van der Waals surface area (Å²) in [5.41, 5.74) is 1.76. The lowest BCUT2D eigenvalue weighted by Crippen LogP contribution is -2.27. The lowest BCUT2D eigenvalue weighted by molar-refractivity contribution is 0.593. The third-order valence-electron chi connectivity index (χ3n) is 3.57. The van der Waals surface area contributed by atoms with Gasteiger partial charge in [-0.05, 0) is 42.0 Å². The molecule has 128 valence electrons. The number of anilines is 2. The van der Waals surface area contributed by atoms with Crippen molar-refractivity contribution in [3.63, 3.8) is 0 Å². The molecule has 1 unspecified atom stereocenters. The van der Waals surface area contributed by atoms with Crippen LogP contribution in [0.2, 0.25) is 5.02 Å². The summed E-state index contributed by atoms with van der Waals surface area (Å²) < 4.78 is 28.6. The van der Waals surface area contributed by atoms with Crippen LogP contribution in [-0.4, -0.2) is 8.42 Å². The van der Waals surface area contributed by atoms with E-state index in [4.69, 9.17) is 11.6 Å². The first-order valence-electron chi connectivity index (χ1n) is 7.68. The third kappa shape index (κ3) is 4.53. The Morgan fingerprint density at radius 1 is 0.760 bits per heavy atom. The zero-order chi connectivity index (χ0) is 17.7. The predicted molar refractivity (Wildman–Crippen MR) is 103 cm³/mol. The second kappa shape index (κ2) is 7.59. The molecule has 3 aromatic rings. The molecule has 2 N–H and O–H groups in total. The molecule has 0 aliphatic carbocycles. The molecular weight excluding hydrogens is 356 g/mol. The summed E-state index contributed by atoms with van der Waals surface area (Å²) in [5, 5.41) is 2.56. The van der Waals surface area contributed by atoms with E-state index in [1.165, 1.54) is 0 Å². The number of sulfonamides is 1. The van der Waals surface area contributed by atoms with Crippen LogP contribution in [0.5, 0.6) is 0 Å². The number of rotatable bonds is 6. The highest BCUT2D eigenvalue weighted by Gasteiger charge is 2.27. The first kappa shape index (κ1) is 17.3. The van der Waals surface area contributed by atoms with Gasteiger partial charge in [-0.25, -0.2) is 8.42 Å². The molecule has 0 aliphatic rings. The predicted octanol–water partition coefficient (Wildman–Crippen LogP) is 4.89. The summed E-state index contributed by atoms with van der Waals surface area (Å²) in [4.78, 5) is 0. The number of hydrogen-bond acceptors (Lipinski definition) is 3. The van der Waals surface area contributed by atoms with Crippen LogP contribution in [-0.2, 0) is 10.0 Å². The molecule has 6 heteroatoms. The van der Waals surface area contributed by atoms with Crippen molar-refractivity contribution in [1.82, 2.24) is 0 Å². The van der Waals surface area contributed by atoms with Gasteiger partial charge in [0.15, 0.2) is 5.37 Å². The quantitative estimate of drug-likeness (QED) is 0.647. The van der Waals surface area contributed by atoms with Gasteiger partial charge in [-0.15, -0.1) is 0 Å². The zero-order valence-electron chi connectivity index (χ0n) is 13.3. The highest BCUT2D eigenvalue weighted by Crippen LogP contribution is 2.28. The van der Waals surface area contributed by atoms with E-state index in [1.807, 2.05) is 36.4 Å². The van der Waals surface area contributed by atoms with E-state index in [1.54, 1.807) is 48.5 Å². The second-order valence-corrected chi connectivity index (χ2v) is 7.66. The minimum atomic E-state index is -3.76. The van der Waals surface area contributed by atoms with Crippen molar-refractivity contribution in [3.8, 4) is 0 Å². The zero-order valence-corrected chi connectivity index (χ0v) is 14.8. The van der Waals surface area contributed by atoms with Crippen LogP contribution >= 0.6 is 11.6 Å². The Kier molecular flexibility index (Phi) is 5.26. The van der Waals surface area contributed by atoms with Crippen LogP contribution in [0.15, 0.2) is 84.9 Å². The van der Waals surface area contributed by atoms with E-state index in [2.05, 4.69) is 10.0 Å². The van der Waals surface area contributed by atoms with Crippen LogP contribution in [0.1, 0.15) is 10.9 Å². The van der Waals surface area contributed by atoms with Gasteiger partial charge in [-0.3, -0.25) is 4.72 Å². The largest absolute Gasteiger partial charge is 0.364 e. The summed E-state index contributed by atoms with van der Waals surface area (Å²) in [6.45, 7) is 0. The Morgan fingerprint density at radius 2 is 1.36 bits per heavy atom. The van der Waals surface area contributed by atoms with Crippen LogP contribution in [0.3, 0.4) is 0 Å². The molecule has 0 bridgehead atoms. The van der Waals surface area contributed by atoms with Gasteiger partial charge in [-0.2, -0.15) is 0 Å². The number of halogens is 1. The fourth-order valence-electron chi connectivity index (χ4n) is 2.42. The molecule has 1 atom stereocenters. The van der Waals surface area contributed by atoms with Crippen molar-refractivity contribution >= 4 is 33.0 Å². The second-order valence-electron chi connectivity index (χ2n) is 5.46. The highest BCUT2D eigenvalue weighted by atomic mass is 35.5. The number of hydrogen-bond donors (Lipinski definition) is 2. The molecule has 4 nitrogen and oxygen atoms in total. The number of benzene rings is 3. The van der Waals surface area contributed by atoms with Crippen molar-refractivity contribution in [2.75, 3.05) is 10.0 Å². The lowest BCUT2D eigenvalue weighted by Gasteiger charge is -2.22. The fourth-order valence-corrected chi connectivity index (χ4v) is 4.00. The smallest absolute Gasteiger partial charge is 0.258 e. The van der Waals surface area contributed by atoms with Gasteiger partial charge in [-0.1, -0.05) is 60.1 Å². The molecule has 0 saturated heterocycles. The summed E-state index contributed by atoms with van der Waals surface area (Å²) in [6, 6.07) is 24.8. The fraction of sp³-hybridized carbons (Fsp3) is 0.0526. The van der Waals surface area contributed by atoms with Crippen molar-refractivity contribution in [2.24, 2.45) is 0 Å². The van der Waals surface area contributed by atoms with E-state index in [0.29, 0.717) is 22.0 Å². The maximum atomic E-state index is 13.0. The molecule has 3 rings (SSSR count). The molecule has 0 saturated carbocycles. The van der Waals surface area contributed by atoms with Crippen molar-refractivity contribution < 1.29 is 8.42 Å². The molecule has 0 radical (unpaired) electrons. The van der Waals surface area contributed by atoms with Crippen molar-refractivity contribution in [1.29, 1.82) is 0 Å². The van der Waals surface area contributed by atoms with Crippen LogP contribution in [0, 0.1) is 0 Å². The maximum absolute atomic E-state index is 13.0. The molecule has 25 heavy (non-hydrogen) atoms. The third-order valence-corrected chi connectivity index (χ3v) is 5.33. The topological polar surface area (TPSA) is 58.2 Å². The number of nitrogens with one attached hydrogen (secondary N) is 2. The Balaban J connectivity index is 1.98. The van der Waals surface area contributed by atoms with E-state index >= 15 is 0 Å². The summed E-state index contributed by atoms with van der Waals surface area (Å²) in [6.07, 6.45) is 0. The standard InChI is InChI=1S/C19H17ClN2O2S/c20-16-9-7-8-15(14-16)19(21-17-10-3-1-4-11-17)25(23,24)22-18-12-5-2-6-13-18/h1-14,19,21-22H. The van der Waals surface area contributed by atoms with Crippen LogP contribution < -0.4 is 10.0 Å². The summed E-state index contributed by atoms with van der Waals surface area (Å²) >= 11 is 6.06. The molecule has 3 aromatic carbocycles. The van der Waals surface area contributed by atoms with Crippen molar-refractivity contribution in [3.05, 3.63) is 95.5 Å². The highest BCUT2D eigenvalue weighted by molar-refractivity contribution is 7.93. The Morgan fingerprint density at radius 3 is 1.96 bits per heavy atom. The molecule has 0 heterocycles. The molecule has 0 fully saturated rings. The van der Waals surface area contributed by atoms with Gasteiger partial charge in [0.1, 0.15) is 0 Å². The monoisotopic (exact) mass is 372 g/mol. The van der Waals surface area contributed by atoms with Crippen LogP contribution in [0.25, 0.3) is 0 Å². The van der Waals surface area contributed by atoms with Gasteiger partial charge in [0, 0.05) is 16.4 Å². The molecular formula is C19H17ClN2O2S. The molecule has 0 aromatic heterocycles. The minimum Gasteiger partial charge on any atom is -0.364 e. The first-order chi connectivity index (χ1) is 12.0.